The van der Waals surface area contributed by atoms with Gasteiger partial charge >= 0.3 is 5.97 Å². The lowest BCUT2D eigenvalue weighted by Gasteiger charge is -2.41. The van der Waals surface area contributed by atoms with Gasteiger partial charge in [0, 0.05) is 35.8 Å². The molecule has 3 saturated heterocycles. The van der Waals surface area contributed by atoms with Crippen LogP contribution in [0.3, 0.4) is 0 Å². The molecular formula is C25H37BrN2O5S. The average molecular weight is 558 g/mol. The van der Waals surface area contributed by atoms with Crippen LogP contribution in [0.25, 0.3) is 0 Å². The van der Waals surface area contributed by atoms with Gasteiger partial charge in [0.1, 0.15) is 6.04 Å². The van der Waals surface area contributed by atoms with Gasteiger partial charge in [0.05, 0.1) is 23.2 Å². The van der Waals surface area contributed by atoms with Gasteiger partial charge < -0.3 is 19.6 Å². The summed E-state index contributed by atoms with van der Waals surface area (Å²) in [6.07, 6.45) is 9.00. The van der Waals surface area contributed by atoms with Crippen LogP contribution in [-0.2, 0) is 19.1 Å². The van der Waals surface area contributed by atoms with Gasteiger partial charge in [0.25, 0.3) is 0 Å². The number of halogens is 1. The standard InChI is InChI=1S/C25H37BrN2O5S/c1-3-12-27(16-10-6-5-7-11-16)23(31)21-25-15-17(26)20(34-25)18(24(32)33-4-2)19(25)22(30)28(21)13-8-9-14-29/h3,16-21,29H,1,4-15H2,2H3/t17?,18-,19+,20-,21?,25?/m1/s1. The minimum Gasteiger partial charge on any atom is -0.466 e. The van der Waals surface area contributed by atoms with Crippen LogP contribution < -0.4 is 0 Å². The molecule has 7 nitrogen and oxygen atoms in total. The maximum absolute atomic E-state index is 14.3. The number of ether oxygens (including phenoxy) is 1. The summed E-state index contributed by atoms with van der Waals surface area (Å²) < 4.78 is 4.76. The van der Waals surface area contributed by atoms with Crippen LogP contribution in [-0.4, -0.2) is 85.9 Å². The number of alkyl halides is 1. The number of likely N-dealkylation sites (tertiary alicyclic amines) is 1. The van der Waals surface area contributed by atoms with E-state index in [0.29, 0.717) is 32.4 Å². The van der Waals surface area contributed by atoms with Crippen molar-refractivity contribution in [3.63, 3.8) is 0 Å². The number of nitrogens with zero attached hydrogens (tertiary/aromatic N) is 2. The molecule has 3 heterocycles. The first kappa shape index (κ1) is 26.0. The van der Waals surface area contributed by atoms with Crippen LogP contribution >= 0.6 is 27.7 Å². The van der Waals surface area contributed by atoms with Crippen molar-refractivity contribution in [2.24, 2.45) is 11.8 Å². The second-order valence-electron chi connectivity index (χ2n) is 9.95. The minimum absolute atomic E-state index is 0.0102. The molecule has 4 aliphatic rings. The maximum Gasteiger partial charge on any atom is 0.310 e. The van der Waals surface area contributed by atoms with Crippen LogP contribution in [0.2, 0.25) is 0 Å². The molecule has 0 aromatic carbocycles. The molecule has 1 spiro atoms. The fraction of sp³-hybridized carbons (Fsp3) is 0.800. The Kier molecular flexibility index (Phi) is 8.35. The van der Waals surface area contributed by atoms with Crippen molar-refractivity contribution in [3.8, 4) is 0 Å². The number of rotatable bonds is 10. The first-order valence-electron chi connectivity index (χ1n) is 12.7. The van der Waals surface area contributed by atoms with Crippen molar-refractivity contribution in [3.05, 3.63) is 12.7 Å². The molecule has 0 radical (unpaired) electrons. The predicted octanol–water partition coefficient (Wildman–Crippen LogP) is 3.13. The third kappa shape index (κ3) is 4.34. The Hall–Kier alpha value is -1.06. The predicted molar refractivity (Wildman–Crippen MR) is 136 cm³/mol. The molecule has 3 aliphatic heterocycles. The van der Waals surface area contributed by atoms with Gasteiger partial charge in [-0.3, -0.25) is 14.4 Å². The van der Waals surface area contributed by atoms with E-state index >= 15 is 0 Å². The normalized spacial score (nSPS) is 34.9. The summed E-state index contributed by atoms with van der Waals surface area (Å²) in [6.45, 7) is 6.87. The van der Waals surface area contributed by atoms with E-state index in [9.17, 15) is 19.5 Å². The lowest BCUT2D eigenvalue weighted by atomic mass is 9.71. The highest BCUT2D eigenvalue weighted by Crippen LogP contribution is 2.68. The molecule has 3 unspecified atom stereocenters. The Bertz CT molecular complexity index is 806. The quantitative estimate of drug-likeness (QED) is 0.192. The van der Waals surface area contributed by atoms with Gasteiger partial charge in [-0.1, -0.05) is 41.3 Å². The molecule has 1 aliphatic carbocycles. The van der Waals surface area contributed by atoms with Crippen molar-refractivity contribution < 1.29 is 24.2 Å². The maximum atomic E-state index is 14.3. The number of aliphatic hydroxyl groups excluding tert-OH is 1. The number of unbranched alkanes of at least 4 members (excludes halogenated alkanes) is 1. The van der Waals surface area contributed by atoms with E-state index in [1.54, 1.807) is 29.7 Å². The van der Waals surface area contributed by atoms with Crippen LogP contribution in [0, 0.1) is 11.8 Å². The second-order valence-corrected chi connectivity index (χ2v) is 12.7. The second kappa shape index (κ2) is 10.9. The third-order valence-corrected chi connectivity index (χ3v) is 11.2. The van der Waals surface area contributed by atoms with E-state index in [1.807, 2.05) is 4.90 Å². The topological polar surface area (TPSA) is 87.2 Å². The third-order valence-electron chi connectivity index (χ3n) is 8.01. The van der Waals surface area contributed by atoms with Crippen LogP contribution in [0.15, 0.2) is 12.7 Å². The lowest BCUT2D eigenvalue weighted by molar-refractivity contribution is -0.153. The number of carbonyl (C=O) groups is 3. The van der Waals surface area contributed by atoms with Crippen LogP contribution in [0.1, 0.15) is 58.3 Å². The molecule has 0 aromatic rings. The summed E-state index contributed by atoms with van der Waals surface area (Å²) in [5.74, 6) is -1.54. The SMILES string of the molecule is C=CCN(C(=O)C1N(CCCCO)C(=O)[C@@H]2[C@@H](C(=O)OCC)[C@@H]3SC12CC3Br)C1CCCCC1. The number of aliphatic hydroxyl groups is 1. The summed E-state index contributed by atoms with van der Waals surface area (Å²) in [5, 5.41) is 9.24. The smallest absolute Gasteiger partial charge is 0.310 e. The molecule has 1 N–H and O–H groups in total. The van der Waals surface area contributed by atoms with Gasteiger partial charge in [0.15, 0.2) is 0 Å². The Morgan fingerprint density at radius 1 is 1.32 bits per heavy atom. The van der Waals surface area contributed by atoms with Gasteiger partial charge in [0.2, 0.25) is 11.8 Å². The van der Waals surface area contributed by atoms with Crippen molar-refractivity contribution in [2.45, 2.75) is 85.2 Å². The zero-order chi connectivity index (χ0) is 24.5. The zero-order valence-electron chi connectivity index (χ0n) is 20.0. The Morgan fingerprint density at radius 2 is 2.06 bits per heavy atom. The minimum atomic E-state index is -0.641. The van der Waals surface area contributed by atoms with E-state index in [0.717, 1.165) is 25.7 Å². The molecule has 1 saturated carbocycles. The Labute approximate surface area is 215 Å². The highest BCUT2D eigenvalue weighted by molar-refractivity contribution is 9.09. The first-order chi connectivity index (χ1) is 16.4. The molecule has 190 valence electrons. The molecular weight excluding hydrogens is 520 g/mol. The summed E-state index contributed by atoms with van der Waals surface area (Å²) in [7, 11) is 0. The monoisotopic (exact) mass is 556 g/mol. The summed E-state index contributed by atoms with van der Waals surface area (Å²) >= 11 is 5.43. The molecule has 4 rings (SSSR count). The van der Waals surface area contributed by atoms with Crippen LogP contribution in [0.4, 0.5) is 0 Å². The number of esters is 1. The van der Waals surface area contributed by atoms with Gasteiger partial charge in [-0.05, 0) is 39.0 Å². The number of thioether (sulfide) groups is 1. The van der Waals surface area contributed by atoms with Gasteiger partial charge in [-0.25, -0.2) is 0 Å². The van der Waals surface area contributed by atoms with Crippen molar-refractivity contribution in [1.82, 2.24) is 9.80 Å². The first-order valence-corrected chi connectivity index (χ1v) is 14.5. The highest BCUT2D eigenvalue weighted by atomic mass is 79.9. The molecule has 6 atom stereocenters. The molecule has 34 heavy (non-hydrogen) atoms. The largest absolute Gasteiger partial charge is 0.466 e. The molecule has 2 bridgehead atoms. The van der Waals surface area contributed by atoms with Gasteiger partial charge in [-0.2, -0.15) is 0 Å². The number of fused-ring (bicyclic) bond motifs is 1. The molecule has 9 heteroatoms. The molecule has 2 amide bonds. The summed E-state index contributed by atoms with van der Waals surface area (Å²) in [6, 6.07) is -0.451. The number of amides is 2. The van der Waals surface area contributed by atoms with Gasteiger partial charge in [-0.15, -0.1) is 18.3 Å². The summed E-state index contributed by atoms with van der Waals surface area (Å²) in [5.41, 5.74) is 0. The fourth-order valence-corrected chi connectivity index (χ4v) is 10.3. The fourth-order valence-electron chi connectivity index (χ4n) is 6.66. The van der Waals surface area contributed by atoms with E-state index in [-0.39, 0.29) is 47.1 Å². The van der Waals surface area contributed by atoms with E-state index in [1.165, 1.54) is 6.42 Å². The highest BCUT2D eigenvalue weighted by Gasteiger charge is 2.76. The number of carbonyl (C=O) groups excluding carboxylic acids is 3. The van der Waals surface area contributed by atoms with E-state index in [4.69, 9.17) is 4.74 Å². The number of hydrogen-bond donors (Lipinski definition) is 1. The van der Waals surface area contributed by atoms with E-state index in [2.05, 4.69) is 22.5 Å². The van der Waals surface area contributed by atoms with Crippen LogP contribution in [0.5, 0.6) is 0 Å². The van der Waals surface area contributed by atoms with E-state index < -0.39 is 22.6 Å². The Morgan fingerprint density at radius 3 is 2.71 bits per heavy atom. The van der Waals surface area contributed by atoms with Crippen molar-refractivity contribution >= 4 is 45.5 Å². The van der Waals surface area contributed by atoms with Crippen molar-refractivity contribution in [1.29, 1.82) is 0 Å². The zero-order valence-corrected chi connectivity index (χ0v) is 22.4. The molecule has 4 fully saturated rings. The van der Waals surface area contributed by atoms with Crippen molar-refractivity contribution in [2.75, 3.05) is 26.3 Å². The summed E-state index contributed by atoms with van der Waals surface area (Å²) in [4.78, 5) is 45.0. The average Bonchev–Trinajstić information content (AvgIpc) is 3.41. The molecule has 0 aromatic heterocycles. The lowest BCUT2D eigenvalue weighted by Crippen LogP contribution is -2.57. The Balaban J connectivity index is 1.72. The number of hydrogen-bond acceptors (Lipinski definition) is 6.